The number of hydrogen-bond acceptors (Lipinski definition) is 15. The van der Waals surface area contributed by atoms with Gasteiger partial charge < -0.3 is 33.8 Å². The number of phosphoric ester groups is 2. The minimum absolute atomic E-state index is 0.0337. The van der Waals surface area contributed by atoms with Crippen LogP contribution < -0.4 is 0 Å². The number of allylic oxidation sites excluding steroid dienone is 18. The van der Waals surface area contributed by atoms with Crippen LogP contribution in [-0.4, -0.2) is 96.7 Å². The van der Waals surface area contributed by atoms with Gasteiger partial charge in [0, 0.05) is 25.7 Å². The molecular weight excluding hydrogens is 1310 g/mol. The van der Waals surface area contributed by atoms with Crippen molar-refractivity contribution in [2.75, 3.05) is 39.6 Å². The summed E-state index contributed by atoms with van der Waals surface area (Å²) in [4.78, 5) is 72.8. The second-order valence-electron chi connectivity index (χ2n) is 25.9. The van der Waals surface area contributed by atoms with Crippen molar-refractivity contribution in [1.29, 1.82) is 0 Å². The summed E-state index contributed by atoms with van der Waals surface area (Å²) in [5, 5.41) is 10.6. The lowest BCUT2D eigenvalue weighted by atomic mass is 10.1. The van der Waals surface area contributed by atoms with Crippen molar-refractivity contribution >= 4 is 39.5 Å². The zero-order valence-electron chi connectivity index (χ0n) is 62.8. The quantitative estimate of drug-likeness (QED) is 0.0169. The molecule has 0 bridgehead atoms. The van der Waals surface area contributed by atoms with Crippen LogP contribution in [0.2, 0.25) is 0 Å². The van der Waals surface area contributed by atoms with E-state index in [1.54, 1.807) is 0 Å². The van der Waals surface area contributed by atoms with Crippen molar-refractivity contribution < 1.29 is 80.2 Å². The molecule has 0 radical (unpaired) electrons. The number of aliphatic hydroxyl groups is 1. The van der Waals surface area contributed by atoms with Gasteiger partial charge in [-0.05, 0) is 141 Å². The van der Waals surface area contributed by atoms with Crippen LogP contribution in [0.15, 0.2) is 109 Å². The van der Waals surface area contributed by atoms with Crippen molar-refractivity contribution in [3.8, 4) is 0 Å². The van der Waals surface area contributed by atoms with Gasteiger partial charge in [-0.2, -0.15) is 0 Å². The number of carbonyl (C=O) groups excluding carboxylic acids is 4. The largest absolute Gasteiger partial charge is 0.472 e. The number of aliphatic hydroxyl groups excluding tert-OH is 1. The summed E-state index contributed by atoms with van der Waals surface area (Å²) in [6, 6.07) is 0. The van der Waals surface area contributed by atoms with Crippen LogP contribution in [0.4, 0.5) is 0 Å². The van der Waals surface area contributed by atoms with Crippen LogP contribution in [-0.2, 0) is 65.4 Å². The summed E-state index contributed by atoms with van der Waals surface area (Å²) < 4.78 is 68.4. The zero-order valence-corrected chi connectivity index (χ0v) is 64.6. The first-order valence-electron chi connectivity index (χ1n) is 39.1. The maximum Gasteiger partial charge on any atom is 0.472 e. The molecule has 0 aromatic rings. The van der Waals surface area contributed by atoms with Gasteiger partial charge in [0.1, 0.15) is 19.3 Å². The summed E-state index contributed by atoms with van der Waals surface area (Å²) in [7, 11) is -9.97. The minimum Gasteiger partial charge on any atom is -0.462 e. The van der Waals surface area contributed by atoms with Gasteiger partial charge in [-0.15, -0.1) is 0 Å². The Morgan fingerprint density at radius 2 is 0.540 bits per heavy atom. The van der Waals surface area contributed by atoms with Crippen LogP contribution in [0.1, 0.15) is 323 Å². The molecule has 0 aromatic carbocycles. The second kappa shape index (κ2) is 73.0. The lowest BCUT2D eigenvalue weighted by Gasteiger charge is -2.21. The smallest absolute Gasteiger partial charge is 0.462 e. The molecule has 0 aliphatic carbocycles. The molecule has 0 aliphatic rings. The number of phosphoric acid groups is 2. The molecule has 2 unspecified atom stereocenters. The first-order chi connectivity index (χ1) is 48.7. The molecule has 0 spiro atoms. The second-order valence-corrected chi connectivity index (χ2v) is 28.8. The number of rotatable bonds is 73. The highest BCUT2D eigenvalue weighted by Gasteiger charge is 2.30. The molecule has 19 heteroatoms. The Kier molecular flexibility index (Phi) is 69.9. The van der Waals surface area contributed by atoms with Crippen molar-refractivity contribution in [2.24, 2.45) is 0 Å². The highest BCUT2D eigenvalue weighted by Crippen LogP contribution is 2.45. The SMILES string of the molecule is CC/C=C\C/C=C\C/C=C\C/C=C\C/C=C\C/C=C\CCC(=O)OC[C@H](COP(=O)(O)OC[C@@H](O)COP(=O)(O)OC[C@@H](COC(=O)CCCCCCC/C=C\CCCCCC)OC(=O)CCCCCCC/C=C\CCCCCC)OC(=O)CCCCCCC/C=C\CCCCCCCC. The first kappa shape index (κ1) is 95.7. The standard InChI is InChI=1S/C81H140O17P2/c1-5-9-13-17-21-25-29-33-35-36-37-38-40-43-46-50-54-58-62-66-79(84)92-72-77(98-81(86)68-64-60-56-52-48-44-39-34-30-26-22-18-14-10-6-2)74-96-100(89,90)94-70-75(82)69-93-99(87,88)95-73-76(97-80(85)67-63-59-55-51-47-42-32-28-24-20-16-12-8-4)71-91-78(83)65-61-57-53-49-45-41-31-27-23-19-15-11-7-3/h9,13,21,25,27-28,31-35,37-39,43,46,54,58,75-77,82H,5-8,10-12,14-20,22-24,26,29-30,36,40-42,44-45,47-53,55-57,59-74H2,1-4H3,(H,87,88)(H,89,90)/b13-9-,25-21-,31-27-,32-28-,35-33-,38-37-,39-34-,46-43-,58-54-/t75-,76+,77+/m0/s1. The van der Waals surface area contributed by atoms with Crippen LogP contribution in [0, 0.1) is 0 Å². The Bertz CT molecular complexity index is 2320. The molecule has 0 saturated heterocycles. The molecule has 0 fully saturated rings. The van der Waals surface area contributed by atoms with Crippen LogP contribution in [0.25, 0.3) is 0 Å². The Labute approximate surface area is 607 Å². The van der Waals surface area contributed by atoms with Gasteiger partial charge in [0.15, 0.2) is 12.2 Å². The fourth-order valence-electron chi connectivity index (χ4n) is 10.2. The molecule has 0 aromatic heterocycles. The number of esters is 4. The van der Waals surface area contributed by atoms with Crippen molar-refractivity contribution in [1.82, 2.24) is 0 Å². The van der Waals surface area contributed by atoms with Gasteiger partial charge in [0.05, 0.1) is 26.4 Å². The van der Waals surface area contributed by atoms with Crippen LogP contribution >= 0.6 is 15.6 Å². The number of ether oxygens (including phenoxy) is 4. The van der Waals surface area contributed by atoms with Gasteiger partial charge in [-0.25, -0.2) is 9.13 Å². The molecule has 0 rings (SSSR count). The lowest BCUT2D eigenvalue weighted by molar-refractivity contribution is -0.161. The Balaban J connectivity index is 5.42. The van der Waals surface area contributed by atoms with Crippen molar-refractivity contribution in [3.05, 3.63) is 109 Å². The maximum atomic E-state index is 13.1. The van der Waals surface area contributed by atoms with Crippen molar-refractivity contribution in [2.45, 2.75) is 341 Å². The molecule has 0 heterocycles. The normalized spacial score (nSPS) is 14.5. The van der Waals surface area contributed by atoms with E-state index in [9.17, 15) is 43.2 Å². The van der Waals surface area contributed by atoms with E-state index in [-0.39, 0.29) is 25.7 Å². The van der Waals surface area contributed by atoms with E-state index in [1.807, 2.05) is 18.2 Å². The predicted molar refractivity (Wildman–Crippen MR) is 408 cm³/mol. The van der Waals surface area contributed by atoms with Gasteiger partial charge in [-0.1, -0.05) is 265 Å². The van der Waals surface area contributed by atoms with E-state index < -0.39 is 97.5 Å². The Morgan fingerprint density at radius 3 is 0.870 bits per heavy atom. The summed E-state index contributed by atoms with van der Waals surface area (Å²) >= 11 is 0. The van der Waals surface area contributed by atoms with E-state index in [4.69, 9.17) is 37.0 Å². The molecule has 3 N–H and O–H groups in total. The fraction of sp³-hybridized carbons (Fsp3) is 0.728. The monoisotopic (exact) mass is 1450 g/mol. The number of unbranched alkanes of at least 4 members (excludes halogenated alkanes) is 29. The molecule has 0 amide bonds. The summed E-state index contributed by atoms with van der Waals surface area (Å²) in [6.45, 7) is 4.63. The van der Waals surface area contributed by atoms with Gasteiger partial charge in [0.25, 0.3) is 0 Å². The van der Waals surface area contributed by atoms with Crippen LogP contribution in [0.3, 0.4) is 0 Å². The molecule has 17 nitrogen and oxygen atoms in total. The highest BCUT2D eigenvalue weighted by atomic mass is 31.2. The summed E-state index contributed by atoms with van der Waals surface area (Å²) in [5.41, 5.74) is 0. The maximum absolute atomic E-state index is 13.1. The molecule has 0 saturated carbocycles. The Morgan fingerprint density at radius 1 is 0.290 bits per heavy atom. The predicted octanol–water partition coefficient (Wildman–Crippen LogP) is 22.6. The topological polar surface area (TPSA) is 237 Å². The number of carbonyl (C=O) groups is 4. The van der Waals surface area contributed by atoms with E-state index in [0.717, 1.165) is 148 Å². The molecule has 5 atom stereocenters. The third-order valence-electron chi connectivity index (χ3n) is 16.2. The zero-order chi connectivity index (χ0) is 73.2. The van der Waals surface area contributed by atoms with E-state index >= 15 is 0 Å². The van der Waals surface area contributed by atoms with Crippen LogP contribution in [0.5, 0.6) is 0 Å². The third-order valence-corrected chi connectivity index (χ3v) is 18.1. The summed E-state index contributed by atoms with van der Waals surface area (Å²) in [5.74, 6) is -2.29. The average molecular weight is 1450 g/mol. The minimum atomic E-state index is -4.99. The Hall–Kier alpha value is -4.28. The van der Waals surface area contributed by atoms with E-state index in [2.05, 4.69) is 119 Å². The molecule has 576 valence electrons. The van der Waals surface area contributed by atoms with Gasteiger partial charge in [-0.3, -0.25) is 37.3 Å². The molecular formula is C81H140O17P2. The van der Waals surface area contributed by atoms with E-state index in [1.165, 1.54) is 89.9 Å². The van der Waals surface area contributed by atoms with Gasteiger partial charge >= 0.3 is 39.5 Å². The average Bonchev–Trinajstić information content (AvgIpc) is 0.946. The highest BCUT2D eigenvalue weighted by molar-refractivity contribution is 7.47. The van der Waals surface area contributed by atoms with Gasteiger partial charge in [0.2, 0.25) is 0 Å². The first-order valence-corrected chi connectivity index (χ1v) is 42.1. The summed E-state index contributed by atoms with van der Waals surface area (Å²) in [6.07, 6.45) is 78.0. The van der Waals surface area contributed by atoms with E-state index in [0.29, 0.717) is 32.1 Å². The number of hydrogen-bond donors (Lipinski definition) is 3. The van der Waals surface area contributed by atoms with Crippen molar-refractivity contribution in [3.63, 3.8) is 0 Å². The third kappa shape index (κ3) is 72.1. The fourth-order valence-corrected chi connectivity index (χ4v) is 11.8. The molecule has 100 heavy (non-hydrogen) atoms. The lowest BCUT2D eigenvalue weighted by Crippen LogP contribution is -2.30. The molecule has 0 aliphatic heterocycles.